The summed E-state index contributed by atoms with van der Waals surface area (Å²) in [5.74, 6) is 0. The Bertz CT molecular complexity index is 818. The van der Waals surface area contributed by atoms with Gasteiger partial charge >= 0.3 is 0 Å². The second-order valence-electron chi connectivity index (χ2n) is 6.27. The van der Waals surface area contributed by atoms with E-state index in [0.717, 1.165) is 36.3 Å². The number of hydrogen-bond donors (Lipinski definition) is 3. The molecule has 3 N–H and O–H groups in total. The molecule has 7 heteroatoms. The largest absolute Gasteiger partial charge is 0.395 e. The molecule has 25 heavy (non-hydrogen) atoms. The predicted octanol–water partition coefficient (Wildman–Crippen LogP) is 0.188. The number of fused-ring (bicyclic) bond motifs is 1. The van der Waals surface area contributed by atoms with Gasteiger partial charge in [-0.15, -0.1) is 0 Å². The number of hydrogen-bond acceptors (Lipinski definition) is 5. The zero-order valence-corrected chi connectivity index (χ0v) is 14.2. The first kappa shape index (κ1) is 17.4. The van der Waals surface area contributed by atoms with Crippen LogP contribution in [0.4, 0.5) is 0 Å². The second-order valence-corrected chi connectivity index (χ2v) is 6.27. The van der Waals surface area contributed by atoms with Gasteiger partial charge in [0.05, 0.1) is 30.5 Å². The van der Waals surface area contributed by atoms with Crippen LogP contribution in [0.1, 0.15) is 22.4 Å². The summed E-state index contributed by atoms with van der Waals surface area (Å²) in [4.78, 5) is 14.7. The first-order valence-corrected chi connectivity index (χ1v) is 8.55. The SMILES string of the molecule is N#Cc1cccc(CN2CCc3c([nH]n(CCNCCO)c3=O)C2)c1. The summed E-state index contributed by atoms with van der Waals surface area (Å²) in [5.41, 5.74) is 3.70. The highest BCUT2D eigenvalue weighted by atomic mass is 16.3. The summed E-state index contributed by atoms with van der Waals surface area (Å²) in [5, 5.41) is 24.1. The highest BCUT2D eigenvalue weighted by molar-refractivity contribution is 5.33. The molecule has 0 bridgehead atoms. The molecule has 1 aliphatic heterocycles. The van der Waals surface area contributed by atoms with Gasteiger partial charge in [-0.3, -0.25) is 19.5 Å². The summed E-state index contributed by atoms with van der Waals surface area (Å²) in [6.45, 7) is 4.14. The van der Waals surface area contributed by atoms with E-state index in [2.05, 4.69) is 21.4 Å². The average molecular weight is 341 g/mol. The maximum absolute atomic E-state index is 12.4. The van der Waals surface area contributed by atoms with E-state index in [-0.39, 0.29) is 12.2 Å². The molecule has 7 nitrogen and oxygen atoms in total. The molecule has 0 amide bonds. The fraction of sp³-hybridized carbons (Fsp3) is 0.444. The maximum atomic E-state index is 12.4. The Morgan fingerprint density at radius 1 is 1.36 bits per heavy atom. The quantitative estimate of drug-likeness (QED) is 0.625. The highest BCUT2D eigenvalue weighted by Crippen LogP contribution is 2.17. The number of aromatic nitrogens is 2. The van der Waals surface area contributed by atoms with E-state index in [0.29, 0.717) is 31.7 Å². The normalized spacial score (nSPS) is 14.2. The molecule has 1 aromatic carbocycles. The molecule has 0 radical (unpaired) electrons. The van der Waals surface area contributed by atoms with E-state index < -0.39 is 0 Å². The molecule has 0 spiro atoms. The average Bonchev–Trinajstić information content (AvgIpc) is 2.94. The van der Waals surface area contributed by atoms with Gasteiger partial charge in [0, 0.05) is 38.3 Å². The Morgan fingerprint density at radius 2 is 2.24 bits per heavy atom. The molecule has 1 aliphatic rings. The van der Waals surface area contributed by atoms with Crippen LogP contribution >= 0.6 is 0 Å². The smallest absolute Gasteiger partial charge is 0.270 e. The van der Waals surface area contributed by atoms with Crippen LogP contribution in [0.2, 0.25) is 0 Å². The van der Waals surface area contributed by atoms with E-state index in [1.54, 1.807) is 10.7 Å². The Kier molecular flexibility index (Phi) is 5.66. The van der Waals surface area contributed by atoms with Gasteiger partial charge in [0.2, 0.25) is 0 Å². The van der Waals surface area contributed by atoms with E-state index >= 15 is 0 Å². The Balaban J connectivity index is 1.65. The first-order chi connectivity index (χ1) is 12.2. The molecule has 1 aromatic heterocycles. The lowest BCUT2D eigenvalue weighted by atomic mass is 10.1. The van der Waals surface area contributed by atoms with Gasteiger partial charge in [0.1, 0.15) is 0 Å². The Labute approximate surface area is 146 Å². The highest BCUT2D eigenvalue weighted by Gasteiger charge is 2.22. The third-order valence-corrected chi connectivity index (χ3v) is 4.46. The van der Waals surface area contributed by atoms with Crippen molar-refractivity contribution >= 4 is 0 Å². The molecule has 132 valence electrons. The molecular formula is C18H23N5O2. The zero-order chi connectivity index (χ0) is 17.6. The number of benzene rings is 1. The van der Waals surface area contributed by atoms with Crippen LogP contribution < -0.4 is 10.9 Å². The van der Waals surface area contributed by atoms with Crippen LogP contribution in [0.15, 0.2) is 29.1 Å². The third kappa shape index (κ3) is 4.17. The van der Waals surface area contributed by atoms with Crippen molar-refractivity contribution in [2.75, 3.05) is 26.2 Å². The van der Waals surface area contributed by atoms with Gasteiger partial charge in [0.25, 0.3) is 5.56 Å². The lowest BCUT2D eigenvalue weighted by Crippen LogP contribution is -2.32. The minimum atomic E-state index is 0.0620. The molecular weight excluding hydrogens is 318 g/mol. The van der Waals surface area contributed by atoms with Gasteiger partial charge in [-0.05, 0) is 24.1 Å². The number of nitrogens with one attached hydrogen (secondary N) is 2. The van der Waals surface area contributed by atoms with Crippen molar-refractivity contribution < 1.29 is 5.11 Å². The predicted molar refractivity (Wildman–Crippen MR) is 94.0 cm³/mol. The molecule has 2 heterocycles. The molecule has 0 atom stereocenters. The number of rotatable bonds is 7. The second kappa shape index (κ2) is 8.12. The summed E-state index contributed by atoms with van der Waals surface area (Å²) in [7, 11) is 0. The fourth-order valence-electron chi connectivity index (χ4n) is 3.22. The van der Waals surface area contributed by atoms with Gasteiger partial charge in [-0.1, -0.05) is 12.1 Å². The van der Waals surface area contributed by atoms with Gasteiger partial charge in [-0.2, -0.15) is 5.26 Å². The van der Waals surface area contributed by atoms with Crippen molar-refractivity contribution in [1.82, 2.24) is 20.0 Å². The summed E-state index contributed by atoms with van der Waals surface area (Å²) in [6.07, 6.45) is 0.736. The number of nitrogens with zero attached hydrogens (tertiary/aromatic N) is 3. The standard InChI is InChI=1S/C18H23N5O2/c19-11-14-2-1-3-15(10-14)12-22-7-4-16-17(13-22)21-23(18(16)25)8-5-20-6-9-24/h1-3,10,20-21,24H,4-9,12-13H2. The van der Waals surface area contributed by atoms with Crippen LogP contribution in [-0.4, -0.2) is 46.0 Å². The molecule has 3 rings (SSSR count). The van der Waals surface area contributed by atoms with Crippen LogP contribution in [0.3, 0.4) is 0 Å². The van der Waals surface area contributed by atoms with Crippen LogP contribution in [0.25, 0.3) is 0 Å². The number of H-pyrrole nitrogens is 1. The fourth-order valence-corrected chi connectivity index (χ4v) is 3.22. The summed E-state index contributed by atoms with van der Waals surface area (Å²) >= 11 is 0. The molecule has 0 saturated carbocycles. The van der Waals surface area contributed by atoms with Gasteiger partial charge < -0.3 is 10.4 Å². The van der Waals surface area contributed by atoms with Gasteiger partial charge in [-0.25, -0.2) is 0 Å². The summed E-state index contributed by atoms with van der Waals surface area (Å²) in [6, 6.07) is 9.82. The van der Waals surface area contributed by atoms with Crippen LogP contribution in [0, 0.1) is 11.3 Å². The van der Waals surface area contributed by atoms with E-state index in [4.69, 9.17) is 10.4 Å². The number of nitriles is 1. The Morgan fingerprint density at radius 3 is 3.04 bits per heavy atom. The number of aliphatic hydroxyl groups is 1. The van der Waals surface area contributed by atoms with Gasteiger partial charge in [0.15, 0.2) is 0 Å². The van der Waals surface area contributed by atoms with Crippen molar-refractivity contribution in [3.8, 4) is 6.07 Å². The monoisotopic (exact) mass is 341 g/mol. The first-order valence-electron chi connectivity index (χ1n) is 8.55. The van der Waals surface area contributed by atoms with Crippen LogP contribution in [-0.2, 0) is 26.1 Å². The Hall–Kier alpha value is -2.40. The van der Waals surface area contributed by atoms with Crippen molar-refractivity contribution in [2.45, 2.75) is 26.1 Å². The topological polar surface area (TPSA) is 97.1 Å². The molecule has 0 aliphatic carbocycles. The minimum Gasteiger partial charge on any atom is -0.395 e. The lowest BCUT2D eigenvalue weighted by molar-refractivity contribution is 0.242. The molecule has 0 fully saturated rings. The van der Waals surface area contributed by atoms with E-state index in [1.165, 1.54) is 0 Å². The minimum absolute atomic E-state index is 0.0620. The lowest BCUT2D eigenvalue weighted by Gasteiger charge is -2.26. The number of aromatic amines is 1. The zero-order valence-electron chi connectivity index (χ0n) is 14.2. The van der Waals surface area contributed by atoms with Crippen molar-refractivity contribution in [3.63, 3.8) is 0 Å². The van der Waals surface area contributed by atoms with Crippen molar-refractivity contribution in [3.05, 3.63) is 57.0 Å². The third-order valence-electron chi connectivity index (χ3n) is 4.46. The van der Waals surface area contributed by atoms with E-state index in [1.807, 2.05) is 18.2 Å². The summed E-state index contributed by atoms with van der Waals surface area (Å²) < 4.78 is 1.65. The molecule has 0 saturated heterocycles. The maximum Gasteiger partial charge on any atom is 0.270 e. The van der Waals surface area contributed by atoms with Crippen LogP contribution in [0.5, 0.6) is 0 Å². The van der Waals surface area contributed by atoms with Crippen molar-refractivity contribution in [1.29, 1.82) is 5.26 Å². The molecule has 2 aromatic rings. The molecule has 0 unspecified atom stereocenters. The van der Waals surface area contributed by atoms with Crippen molar-refractivity contribution in [2.24, 2.45) is 0 Å². The number of aliphatic hydroxyl groups excluding tert-OH is 1. The van der Waals surface area contributed by atoms with E-state index in [9.17, 15) is 4.79 Å².